The van der Waals surface area contributed by atoms with E-state index < -0.39 is 23.4 Å². The fourth-order valence-electron chi connectivity index (χ4n) is 4.53. The number of aromatic hydroxyl groups is 1. The van der Waals surface area contributed by atoms with E-state index in [2.05, 4.69) is 30.6 Å². The number of carbonyl (C=O) groups is 2. The molecular formula is C42H53N7O7. The Bertz CT molecular complexity index is 1950. The summed E-state index contributed by atoms with van der Waals surface area (Å²) in [5.41, 5.74) is 7.49. The van der Waals surface area contributed by atoms with Crippen LogP contribution < -0.4 is 25.8 Å². The lowest BCUT2D eigenvalue weighted by molar-refractivity contribution is 0.0496. The van der Waals surface area contributed by atoms with E-state index >= 15 is 0 Å². The molecule has 0 aliphatic carbocycles. The standard InChI is InChI=1S/C17H21N3O3.C13H19NO3.C12H13N3O/c1-12(20-16(21)23-17(2,3)4)13-7-5-8-14(11-13)22-15-18-9-6-10-19-15;1-9(10-6-5-7-11(15)8-10)14-12(16)17-13(2,3)4;1-9(13)10-4-2-5-11(8-10)16-12-14-6-3-7-15-12/h5-12H,1-4H3,(H,20,21);5-9,15H,1-4H3,(H,14,16);2-9H,13H2,1H3/t12-;2*9-/m000/s1. The summed E-state index contributed by atoms with van der Waals surface area (Å²) in [6.07, 6.45) is 5.57. The van der Waals surface area contributed by atoms with Gasteiger partial charge in [0, 0.05) is 30.8 Å². The second-order valence-electron chi connectivity index (χ2n) is 14.5. The summed E-state index contributed by atoms with van der Waals surface area (Å²) in [5, 5.41) is 14.8. The summed E-state index contributed by atoms with van der Waals surface area (Å²) >= 11 is 0. The molecule has 0 saturated heterocycles. The zero-order valence-electron chi connectivity index (χ0n) is 33.4. The number of carbonyl (C=O) groups excluding carboxylic acids is 2. The fraction of sp³-hybridized carbons (Fsp3) is 0.333. The molecule has 5 N–H and O–H groups in total. The number of amides is 2. The van der Waals surface area contributed by atoms with Gasteiger partial charge in [-0.05, 0) is 128 Å². The van der Waals surface area contributed by atoms with E-state index in [9.17, 15) is 14.7 Å². The Morgan fingerprint density at radius 3 is 1.36 bits per heavy atom. The van der Waals surface area contributed by atoms with Crippen molar-refractivity contribution in [2.24, 2.45) is 5.73 Å². The van der Waals surface area contributed by atoms with E-state index in [4.69, 9.17) is 24.7 Å². The SMILES string of the molecule is C[C@H](N)c1cccc(Oc2ncccn2)c1.C[C@H](NC(=O)OC(C)(C)C)c1cccc(O)c1.C[C@H](NC(=O)OC(C)(C)C)c1cccc(Oc2ncccn2)c1. The summed E-state index contributed by atoms with van der Waals surface area (Å²) in [7, 11) is 0. The molecule has 2 amide bonds. The number of benzene rings is 3. The van der Waals surface area contributed by atoms with Crippen molar-refractivity contribution >= 4 is 12.2 Å². The predicted octanol–water partition coefficient (Wildman–Crippen LogP) is 9.12. The molecule has 2 heterocycles. The van der Waals surface area contributed by atoms with Crippen LogP contribution >= 0.6 is 0 Å². The van der Waals surface area contributed by atoms with Gasteiger partial charge in [0.1, 0.15) is 28.5 Å². The summed E-state index contributed by atoms with van der Waals surface area (Å²) in [6, 6.07) is 25.4. The average Bonchev–Trinajstić information content (AvgIpc) is 3.11. The number of rotatable bonds is 9. The second-order valence-corrected chi connectivity index (χ2v) is 14.5. The van der Waals surface area contributed by atoms with E-state index in [1.54, 1.807) is 61.2 Å². The van der Waals surface area contributed by atoms with Gasteiger partial charge in [-0.2, -0.15) is 0 Å². The molecule has 0 bridgehead atoms. The van der Waals surface area contributed by atoms with E-state index in [1.807, 2.05) is 111 Å². The molecule has 0 fully saturated rings. The van der Waals surface area contributed by atoms with Crippen molar-refractivity contribution in [3.8, 4) is 29.3 Å². The zero-order chi connectivity index (χ0) is 41.3. The van der Waals surface area contributed by atoms with Crippen LogP contribution in [0.5, 0.6) is 29.3 Å². The number of ether oxygens (including phenoxy) is 4. The number of nitrogens with two attached hydrogens (primary N) is 1. The van der Waals surface area contributed by atoms with Gasteiger partial charge in [0.2, 0.25) is 0 Å². The lowest BCUT2D eigenvalue weighted by Crippen LogP contribution is -2.34. The van der Waals surface area contributed by atoms with E-state index in [0.29, 0.717) is 17.5 Å². The first kappa shape index (κ1) is 44.1. The predicted molar refractivity (Wildman–Crippen MR) is 213 cm³/mol. The van der Waals surface area contributed by atoms with Gasteiger partial charge >= 0.3 is 24.2 Å². The average molecular weight is 768 g/mol. The number of hydrogen-bond acceptors (Lipinski definition) is 12. The highest BCUT2D eigenvalue weighted by Crippen LogP contribution is 2.24. The maximum atomic E-state index is 11.8. The molecule has 0 saturated carbocycles. The summed E-state index contributed by atoms with van der Waals surface area (Å²) in [4.78, 5) is 39.4. The number of nitrogens with zero attached hydrogens (tertiary/aromatic N) is 4. The van der Waals surface area contributed by atoms with Crippen LogP contribution in [-0.4, -0.2) is 48.4 Å². The Kier molecular flexibility index (Phi) is 16.5. The molecule has 3 aromatic carbocycles. The third-order valence-electron chi connectivity index (χ3n) is 7.08. The summed E-state index contributed by atoms with van der Waals surface area (Å²) in [6.45, 7) is 16.5. The third kappa shape index (κ3) is 17.2. The highest BCUT2D eigenvalue weighted by atomic mass is 16.6. The van der Waals surface area contributed by atoms with Crippen LogP contribution in [0.4, 0.5) is 9.59 Å². The Hall–Kier alpha value is -6.28. The summed E-state index contributed by atoms with van der Waals surface area (Å²) in [5.74, 6) is 1.48. The van der Waals surface area contributed by atoms with Crippen molar-refractivity contribution in [3.63, 3.8) is 0 Å². The summed E-state index contributed by atoms with van der Waals surface area (Å²) < 4.78 is 21.5. The van der Waals surface area contributed by atoms with Crippen LogP contribution in [0.3, 0.4) is 0 Å². The lowest BCUT2D eigenvalue weighted by Gasteiger charge is -2.22. The quantitative estimate of drug-likeness (QED) is 0.111. The highest BCUT2D eigenvalue weighted by molar-refractivity contribution is 5.68. The van der Waals surface area contributed by atoms with Crippen molar-refractivity contribution < 1.29 is 33.6 Å². The molecular weight excluding hydrogens is 715 g/mol. The maximum Gasteiger partial charge on any atom is 0.408 e. The van der Waals surface area contributed by atoms with Gasteiger partial charge in [0.15, 0.2) is 0 Å². The zero-order valence-corrected chi connectivity index (χ0v) is 33.4. The second kappa shape index (κ2) is 21.0. The molecule has 0 aliphatic heterocycles. The number of phenols is 1. The van der Waals surface area contributed by atoms with Crippen LogP contribution in [0.25, 0.3) is 0 Å². The minimum atomic E-state index is -0.528. The Morgan fingerprint density at radius 2 is 0.964 bits per heavy atom. The van der Waals surface area contributed by atoms with Crippen LogP contribution in [-0.2, 0) is 9.47 Å². The van der Waals surface area contributed by atoms with Gasteiger partial charge < -0.3 is 40.4 Å². The van der Waals surface area contributed by atoms with E-state index in [0.717, 1.165) is 16.7 Å². The molecule has 56 heavy (non-hydrogen) atoms. The molecule has 0 aliphatic rings. The minimum Gasteiger partial charge on any atom is -0.508 e. The molecule has 0 radical (unpaired) electrons. The highest BCUT2D eigenvalue weighted by Gasteiger charge is 2.19. The Labute approximate surface area is 328 Å². The van der Waals surface area contributed by atoms with Crippen LogP contribution in [0.1, 0.15) is 97.1 Å². The molecule has 298 valence electrons. The van der Waals surface area contributed by atoms with Gasteiger partial charge in [-0.15, -0.1) is 0 Å². The molecule has 14 heteroatoms. The molecule has 3 atom stereocenters. The number of nitrogens with one attached hydrogen (secondary N) is 2. The Morgan fingerprint density at radius 1 is 0.589 bits per heavy atom. The third-order valence-corrected chi connectivity index (χ3v) is 7.08. The number of phenolic OH excluding ortho intramolecular Hbond substituents is 1. The lowest BCUT2D eigenvalue weighted by atomic mass is 10.1. The molecule has 5 rings (SSSR count). The van der Waals surface area contributed by atoms with Gasteiger partial charge in [-0.3, -0.25) is 0 Å². The van der Waals surface area contributed by atoms with Crippen molar-refractivity contribution in [2.75, 3.05) is 0 Å². The van der Waals surface area contributed by atoms with Gasteiger partial charge in [-0.25, -0.2) is 29.5 Å². The fourth-order valence-corrected chi connectivity index (χ4v) is 4.53. The van der Waals surface area contributed by atoms with Crippen LogP contribution in [0.15, 0.2) is 110 Å². The van der Waals surface area contributed by atoms with Gasteiger partial charge in [-0.1, -0.05) is 36.4 Å². The topological polar surface area (TPSA) is 193 Å². The molecule has 0 unspecified atom stereocenters. The smallest absolute Gasteiger partial charge is 0.408 e. The van der Waals surface area contributed by atoms with Crippen molar-refractivity contribution in [1.29, 1.82) is 0 Å². The normalized spacial score (nSPS) is 12.5. The monoisotopic (exact) mass is 767 g/mol. The van der Waals surface area contributed by atoms with Crippen molar-refractivity contribution in [1.82, 2.24) is 30.6 Å². The first-order valence-corrected chi connectivity index (χ1v) is 18.0. The molecule has 0 spiro atoms. The number of hydrogen-bond donors (Lipinski definition) is 4. The van der Waals surface area contributed by atoms with Crippen molar-refractivity contribution in [3.05, 3.63) is 126 Å². The van der Waals surface area contributed by atoms with Gasteiger partial charge in [0.25, 0.3) is 0 Å². The van der Waals surface area contributed by atoms with E-state index in [-0.39, 0.29) is 29.9 Å². The minimum absolute atomic E-state index is 0.0137. The largest absolute Gasteiger partial charge is 0.508 e. The van der Waals surface area contributed by atoms with Gasteiger partial charge in [0.05, 0.1) is 12.1 Å². The number of alkyl carbamates (subject to hydrolysis) is 2. The van der Waals surface area contributed by atoms with Crippen LogP contribution in [0, 0.1) is 0 Å². The maximum absolute atomic E-state index is 11.8. The molecule has 5 aromatic rings. The van der Waals surface area contributed by atoms with Crippen molar-refractivity contribution in [2.45, 2.75) is 91.6 Å². The first-order chi connectivity index (χ1) is 26.4. The van der Waals surface area contributed by atoms with E-state index in [1.165, 1.54) is 0 Å². The number of aromatic nitrogens is 4. The Balaban J connectivity index is 0.000000230. The molecule has 2 aromatic heterocycles. The molecule has 14 nitrogen and oxygen atoms in total. The first-order valence-electron chi connectivity index (χ1n) is 18.0. The van der Waals surface area contributed by atoms with Crippen LogP contribution in [0.2, 0.25) is 0 Å².